The van der Waals surface area contributed by atoms with Crippen LogP contribution in [0.1, 0.15) is 28.4 Å². The summed E-state index contributed by atoms with van der Waals surface area (Å²) in [6, 6.07) is 18.4. The topological polar surface area (TPSA) is 85.5 Å². The zero-order valence-electron chi connectivity index (χ0n) is 22.6. The van der Waals surface area contributed by atoms with Crippen LogP contribution in [-0.4, -0.2) is 74.0 Å². The van der Waals surface area contributed by atoms with Crippen molar-refractivity contribution < 1.29 is 13.9 Å². The largest absolute Gasteiger partial charge is 0.383 e. The first kappa shape index (κ1) is 26.6. The standard InChI is InChI=1S/C30H35FN6O2/c1-20(19-39-3)32-28-18-24(37-13-11-36(2)12-14-37)8-9-25(28)30(38)33-29-26-17-22(7-10-27(26)34-35-29)15-21-5-4-6-23(31)16-21/h4-10,16-18,20,32H,11-15,19H2,1-3H3,(H2,33,34,35,38)/t20-/m1/s1. The van der Waals surface area contributed by atoms with Crippen molar-refractivity contribution in [2.24, 2.45) is 0 Å². The molecule has 0 aliphatic carbocycles. The number of H-pyrrole nitrogens is 1. The lowest BCUT2D eigenvalue weighted by atomic mass is 10.0. The molecule has 204 valence electrons. The summed E-state index contributed by atoms with van der Waals surface area (Å²) >= 11 is 0. The summed E-state index contributed by atoms with van der Waals surface area (Å²) in [7, 11) is 3.80. The third kappa shape index (κ3) is 6.38. The number of anilines is 3. The van der Waals surface area contributed by atoms with E-state index in [4.69, 9.17) is 4.74 Å². The van der Waals surface area contributed by atoms with Crippen LogP contribution in [0.4, 0.5) is 21.6 Å². The van der Waals surface area contributed by atoms with Crippen molar-refractivity contribution in [3.8, 4) is 0 Å². The van der Waals surface area contributed by atoms with E-state index in [1.54, 1.807) is 13.2 Å². The lowest BCUT2D eigenvalue weighted by molar-refractivity contribution is 0.102. The summed E-state index contributed by atoms with van der Waals surface area (Å²) in [6.45, 7) is 6.41. The summed E-state index contributed by atoms with van der Waals surface area (Å²) in [4.78, 5) is 18.2. The normalized spacial score (nSPS) is 14.9. The van der Waals surface area contributed by atoms with Crippen LogP contribution in [0.25, 0.3) is 10.9 Å². The predicted octanol–water partition coefficient (Wildman–Crippen LogP) is 4.74. The fraction of sp³-hybridized carbons (Fsp3) is 0.333. The number of piperazine rings is 1. The van der Waals surface area contributed by atoms with Crippen LogP contribution in [0.2, 0.25) is 0 Å². The van der Waals surface area contributed by atoms with E-state index in [9.17, 15) is 9.18 Å². The Balaban J connectivity index is 1.39. The van der Waals surface area contributed by atoms with Gasteiger partial charge >= 0.3 is 0 Å². The molecule has 39 heavy (non-hydrogen) atoms. The average Bonchev–Trinajstić information content (AvgIpc) is 3.31. The smallest absolute Gasteiger partial charge is 0.258 e. The molecule has 0 saturated carbocycles. The molecule has 0 spiro atoms. The van der Waals surface area contributed by atoms with Gasteiger partial charge in [-0.05, 0) is 74.0 Å². The Morgan fingerprint density at radius 3 is 2.64 bits per heavy atom. The first-order chi connectivity index (χ1) is 18.9. The van der Waals surface area contributed by atoms with Crippen LogP contribution in [0, 0.1) is 5.82 Å². The molecule has 1 aromatic heterocycles. The van der Waals surface area contributed by atoms with Gasteiger partial charge in [-0.1, -0.05) is 18.2 Å². The highest BCUT2D eigenvalue weighted by Crippen LogP contribution is 2.28. The molecule has 1 aliphatic heterocycles. The Kier molecular flexibility index (Phi) is 8.09. The van der Waals surface area contributed by atoms with E-state index in [-0.39, 0.29) is 17.8 Å². The maximum absolute atomic E-state index is 13.7. The number of carbonyl (C=O) groups excluding carboxylic acids is 1. The molecular weight excluding hydrogens is 495 g/mol. The number of hydrogen-bond acceptors (Lipinski definition) is 6. The van der Waals surface area contributed by atoms with Gasteiger partial charge in [-0.2, -0.15) is 5.10 Å². The van der Waals surface area contributed by atoms with Gasteiger partial charge in [0, 0.05) is 56.1 Å². The number of nitrogens with zero attached hydrogens (tertiary/aromatic N) is 3. The fourth-order valence-corrected chi connectivity index (χ4v) is 4.99. The minimum atomic E-state index is -0.257. The molecule has 1 aliphatic rings. The van der Waals surface area contributed by atoms with Gasteiger partial charge in [-0.3, -0.25) is 9.89 Å². The van der Waals surface area contributed by atoms with Gasteiger partial charge in [-0.25, -0.2) is 4.39 Å². The molecule has 2 heterocycles. The molecule has 0 radical (unpaired) electrons. The van der Waals surface area contributed by atoms with Crippen molar-refractivity contribution in [2.45, 2.75) is 19.4 Å². The number of nitrogens with one attached hydrogen (secondary N) is 3. The number of aromatic amines is 1. The van der Waals surface area contributed by atoms with Crippen LogP contribution in [0.3, 0.4) is 0 Å². The van der Waals surface area contributed by atoms with Gasteiger partial charge in [-0.15, -0.1) is 0 Å². The Hall–Kier alpha value is -3.95. The monoisotopic (exact) mass is 530 g/mol. The maximum atomic E-state index is 13.7. The second-order valence-electron chi connectivity index (χ2n) is 10.2. The van der Waals surface area contributed by atoms with Crippen molar-refractivity contribution in [2.75, 3.05) is 62.5 Å². The molecule has 1 saturated heterocycles. The second kappa shape index (κ2) is 11.8. The van der Waals surface area contributed by atoms with Gasteiger partial charge in [0.25, 0.3) is 5.91 Å². The highest BCUT2D eigenvalue weighted by atomic mass is 19.1. The fourth-order valence-electron chi connectivity index (χ4n) is 4.99. The summed E-state index contributed by atoms with van der Waals surface area (Å²) in [5.41, 5.74) is 5.05. The van der Waals surface area contributed by atoms with E-state index < -0.39 is 0 Å². The Bertz CT molecular complexity index is 1450. The Morgan fingerprint density at radius 2 is 1.87 bits per heavy atom. The third-order valence-corrected chi connectivity index (χ3v) is 7.09. The van der Waals surface area contributed by atoms with Gasteiger partial charge in [0.2, 0.25) is 0 Å². The summed E-state index contributed by atoms with van der Waals surface area (Å²) in [5.74, 6) is -0.0566. The lowest BCUT2D eigenvalue weighted by Gasteiger charge is -2.34. The molecule has 5 rings (SSSR count). The number of ether oxygens (including phenoxy) is 1. The highest BCUT2D eigenvalue weighted by Gasteiger charge is 2.20. The van der Waals surface area contributed by atoms with Crippen molar-refractivity contribution in [3.63, 3.8) is 0 Å². The maximum Gasteiger partial charge on any atom is 0.258 e. The molecule has 1 fully saturated rings. The van der Waals surface area contributed by atoms with Crippen molar-refractivity contribution in [1.82, 2.24) is 15.1 Å². The molecule has 3 aromatic carbocycles. The van der Waals surface area contributed by atoms with E-state index in [0.717, 1.165) is 59.6 Å². The van der Waals surface area contributed by atoms with Crippen LogP contribution in [0.5, 0.6) is 0 Å². The summed E-state index contributed by atoms with van der Waals surface area (Å²) in [5, 5.41) is 14.6. The Labute approximate surface area is 228 Å². The molecule has 1 amide bonds. The van der Waals surface area contributed by atoms with E-state index in [0.29, 0.717) is 24.4 Å². The first-order valence-corrected chi connectivity index (χ1v) is 13.3. The van der Waals surface area contributed by atoms with Gasteiger partial charge in [0.1, 0.15) is 5.82 Å². The van der Waals surface area contributed by atoms with Crippen molar-refractivity contribution in [3.05, 3.63) is 83.2 Å². The molecule has 9 heteroatoms. The number of halogens is 1. The number of rotatable bonds is 9. The number of amides is 1. The average molecular weight is 531 g/mol. The van der Waals surface area contributed by atoms with E-state index >= 15 is 0 Å². The number of hydrogen-bond donors (Lipinski definition) is 3. The SMILES string of the molecule is COC[C@@H](C)Nc1cc(N2CCN(C)CC2)ccc1C(=O)Nc1n[nH]c2ccc(Cc3cccc(F)c3)cc12. The summed E-state index contributed by atoms with van der Waals surface area (Å²) < 4.78 is 19.0. The number of benzene rings is 3. The lowest BCUT2D eigenvalue weighted by Crippen LogP contribution is -2.44. The molecule has 3 N–H and O–H groups in total. The number of carbonyl (C=O) groups is 1. The van der Waals surface area contributed by atoms with Crippen LogP contribution in [-0.2, 0) is 11.2 Å². The van der Waals surface area contributed by atoms with Gasteiger partial charge in [0.05, 0.1) is 17.7 Å². The van der Waals surface area contributed by atoms with E-state index in [2.05, 4.69) is 37.7 Å². The second-order valence-corrected chi connectivity index (χ2v) is 10.2. The van der Waals surface area contributed by atoms with Crippen molar-refractivity contribution >= 4 is 34.0 Å². The predicted molar refractivity (Wildman–Crippen MR) is 154 cm³/mol. The van der Waals surface area contributed by atoms with Crippen molar-refractivity contribution in [1.29, 1.82) is 0 Å². The minimum Gasteiger partial charge on any atom is -0.383 e. The number of aromatic nitrogens is 2. The van der Waals surface area contributed by atoms with E-state index in [1.165, 1.54) is 12.1 Å². The highest BCUT2D eigenvalue weighted by molar-refractivity contribution is 6.11. The van der Waals surface area contributed by atoms with Gasteiger partial charge in [0.15, 0.2) is 5.82 Å². The summed E-state index contributed by atoms with van der Waals surface area (Å²) in [6.07, 6.45) is 0.575. The molecular formula is C30H35FN6O2. The molecule has 4 aromatic rings. The zero-order valence-corrected chi connectivity index (χ0v) is 22.6. The van der Waals surface area contributed by atoms with Crippen LogP contribution < -0.4 is 15.5 Å². The number of methoxy groups -OCH3 is 1. The van der Waals surface area contributed by atoms with Gasteiger partial charge < -0.3 is 25.2 Å². The number of likely N-dealkylation sites (N-methyl/N-ethyl adjacent to an activating group) is 1. The molecule has 1 atom stereocenters. The number of fused-ring (bicyclic) bond motifs is 1. The Morgan fingerprint density at radius 1 is 1.08 bits per heavy atom. The quantitative estimate of drug-likeness (QED) is 0.290. The molecule has 0 unspecified atom stereocenters. The third-order valence-electron chi connectivity index (χ3n) is 7.09. The van der Waals surface area contributed by atoms with E-state index in [1.807, 2.05) is 49.4 Å². The van der Waals surface area contributed by atoms with Crippen LogP contribution >= 0.6 is 0 Å². The van der Waals surface area contributed by atoms with Crippen LogP contribution in [0.15, 0.2) is 60.7 Å². The minimum absolute atomic E-state index is 0.0147. The first-order valence-electron chi connectivity index (χ1n) is 13.3. The molecule has 0 bridgehead atoms. The zero-order chi connectivity index (χ0) is 27.4. The molecule has 8 nitrogen and oxygen atoms in total.